The Labute approximate surface area is 115 Å². The minimum Gasteiger partial charge on any atom is -0.363 e. The van der Waals surface area contributed by atoms with Crippen molar-refractivity contribution in [2.75, 3.05) is 11.9 Å². The monoisotopic (exact) mass is 279 g/mol. The highest BCUT2D eigenvalue weighted by Gasteiger charge is 2.28. The number of rotatable bonds is 6. The molecule has 2 heterocycles. The molecule has 0 bridgehead atoms. The molecule has 20 heavy (non-hydrogen) atoms. The Balaban J connectivity index is 2.16. The van der Waals surface area contributed by atoms with Crippen molar-refractivity contribution in [1.82, 2.24) is 24.8 Å². The highest BCUT2D eigenvalue weighted by atomic mass is 16.6. The van der Waals surface area contributed by atoms with E-state index in [1.807, 2.05) is 13.8 Å². The average molecular weight is 279 g/mol. The van der Waals surface area contributed by atoms with Crippen molar-refractivity contribution in [3.8, 4) is 0 Å². The summed E-state index contributed by atoms with van der Waals surface area (Å²) in [7, 11) is 1.69. The van der Waals surface area contributed by atoms with Crippen LogP contribution in [0.15, 0.2) is 12.4 Å². The first-order chi connectivity index (χ1) is 9.50. The van der Waals surface area contributed by atoms with Gasteiger partial charge < -0.3 is 5.32 Å². The minimum atomic E-state index is -0.389. The van der Waals surface area contributed by atoms with E-state index in [9.17, 15) is 10.1 Å². The largest absolute Gasteiger partial charge is 0.363 e. The normalized spacial score (nSPS) is 11.0. The molecule has 9 nitrogen and oxygen atoms in total. The molecule has 9 heteroatoms. The molecule has 0 atom stereocenters. The Morgan fingerprint density at radius 3 is 2.80 bits per heavy atom. The van der Waals surface area contributed by atoms with Crippen molar-refractivity contribution < 1.29 is 4.92 Å². The van der Waals surface area contributed by atoms with Gasteiger partial charge in [0.15, 0.2) is 0 Å². The average Bonchev–Trinajstić information content (AvgIpc) is 2.98. The molecular weight excluding hydrogens is 262 g/mol. The number of nitrogens with one attached hydrogen (secondary N) is 1. The van der Waals surface area contributed by atoms with Crippen molar-refractivity contribution in [2.45, 2.75) is 26.3 Å². The third-order valence-electron chi connectivity index (χ3n) is 2.88. The highest BCUT2D eigenvalue weighted by Crippen LogP contribution is 2.32. The zero-order valence-corrected chi connectivity index (χ0v) is 11.6. The molecule has 0 aliphatic carbocycles. The lowest BCUT2D eigenvalue weighted by molar-refractivity contribution is -0.384. The van der Waals surface area contributed by atoms with Gasteiger partial charge in [-0.3, -0.25) is 14.8 Å². The maximum absolute atomic E-state index is 11.2. The maximum Gasteiger partial charge on any atom is 0.334 e. The zero-order valence-electron chi connectivity index (χ0n) is 11.6. The molecule has 0 amide bonds. The molecule has 2 rings (SSSR count). The molecule has 0 saturated heterocycles. The highest BCUT2D eigenvalue weighted by molar-refractivity contribution is 5.60. The second-order valence-corrected chi connectivity index (χ2v) is 4.71. The number of hydrogen-bond acceptors (Lipinski definition) is 6. The fourth-order valence-corrected chi connectivity index (χ4v) is 1.94. The smallest absolute Gasteiger partial charge is 0.334 e. The third-order valence-corrected chi connectivity index (χ3v) is 2.88. The lowest BCUT2D eigenvalue weighted by Gasteiger charge is -2.05. The number of nitro groups is 1. The second-order valence-electron chi connectivity index (χ2n) is 4.71. The number of aryl methyl sites for hydroxylation is 1. The summed E-state index contributed by atoms with van der Waals surface area (Å²) in [6.07, 6.45) is 3.32. The van der Waals surface area contributed by atoms with E-state index in [1.165, 1.54) is 4.68 Å². The first kappa shape index (κ1) is 14.0. The molecule has 0 saturated carbocycles. The molecule has 0 radical (unpaired) electrons. The van der Waals surface area contributed by atoms with Gasteiger partial charge in [0.1, 0.15) is 5.69 Å². The fourth-order valence-electron chi connectivity index (χ4n) is 1.94. The van der Waals surface area contributed by atoms with E-state index in [0.29, 0.717) is 24.6 Å². The van der Waals surface area contributed by atoms with Gasteiger partial charge in [0.2, 0.25) is 5.82 Å². The van der Waals surface area contributed by atoms with Crippen LogP contribution in [0.25, 0.3) is 0 Å². The number of hydrogen-bond donors (Lipinski definition) is 1. The Morgan fingerprint density at radius 2 is 2.25 bits per heavy atom. The van der Waals surface area contributed by atoms with Crippen LogP contribution in [0.5, 0.6) is 0 Å². The SMILES string of the molecule is CC(C)c1nn(C)c(NCCn2ccnn2)c1[N+](=O)[O-]. The Bertz CT molecular complexity index is 588. The van der Waals surface area contributed by atoms with Crippen LogP contribution in [0.2, 0.25) is 0 Å². The van der Waals surface area contributed by atoms with E-state index in [-0.39, 0.29) is 16.5 Å². The molecule has 0 unspecified atom stereocenters. The molecular formula is C11H17N7O2. The Morgan fingerprint density at radius 1 is 1.50 bits per heavy atom. The van der Waals surface area contributed by atoms with Crippen molar-refractivity contribution in [3.05, 3.63) is 28.2 Å². The molecule has 1 N–H and O–H groups in total. The molecule has 0 aromatic carbocycles. The van der Waals surface area contributed by atoms with Crippen LogP contribution < -0.4 is 5.32 Å². The van der Waals surface area contributed by atoms with E-state index in [0.717, 1.165) is 0 Å². The van der Waals surface area contributed by atoms with Crippen LogP contribution in [0, 0.1) is 10.1 Å². The van der Waals surface area contributed by atoms with Crippen molar-refractivity contribution >= 4 is 11.5 Å². The Kier molecular flexibility index (Phi) is 3.97. The van der Waals surface area contributed by atoms with Crippen LogP contribution >= 0.6 is 0 Å². The molecule has 2 aromatic heterocycles. The van der Waals surface area contributed by atoms with Crippen LogP contribution in [0.1, 0.15) is 25.5 Å². The fraction of sp³-hybridized carbons (Fsp3) is 0.545. The summed E-state index contributed by atoms with van der Waals surface area (Å²) in [4.78, 5) is 10.8. The van der Waals surface area contributed by atoms with Crippen LogP contribution in [-0.2, 0) is 13.6 Å². The summed E-state index contributed by atoms with van der Waals surface area (Å²) in [6.45, 7) is 4.84. The van der Waals surface area contributed by atoms with Gasteiger partial charge in [-0.1, -0.05) is 19.1 Å². The van der Waals surface area contributed by atoms with Gasteiger partial charge in [-0.25, -0.2) is 4.68 Å². The topological polar surface area (TPSA) is 104 Å². The molecule has 0 fully saturated rings. The molecule has 0 aliphatic heterocycles. The first-order valence-corrected chi connectivity index (χ1v) is 6.30. The van der Waals surface area contributed by atoms with Gasteiger partial charge >= 0.3 is 5.69 Å². The van der Waals surface area contributed by atoms with E-state index < -0.39 is 0 Å². The van der Waals surface area contributed by atoms with Crippen molar-refractivity contribution in [1.29, 1.82) is 0 Å². The Hall–Kier alpha value is -2.45. The van der Waals surface area contributed by atoms with E-state index in [4.69, 9.17) is 0 Å². The number of anilines is 1. The van der Waals surface area contributed by atoms with E-state index >= 15 is 0 Å². The second kappa shape index (κ2) is 5.68. The molecule has 0 spiro atoms. The summed E-state index contributed by atoms with van der Waals surface area (Å²) < 4.78 is 3.16. The van der Waals surface area contributed by atoms with Gasteiger partial charge in [-0.15, -0.1) is 5.10 Å². The van der Waals surface area contributed by atoms with Gasteiger partial charge in [0.25, 0.3) is 0 Å². The minimum absolute atomic E-state index is 0.00698. The quantitative estimate of drug-likeness (QED) is 0.628. The lowest BCUT2D eigenvalue weighted by atomic mass is 10.1. The van der Waals surface area contributed by atoms with Crippen LogP contribution in [0.3, 0.4) is 0 Å². The van der Waals surface area contributed by atoms with Crippen molar-refractivity contribution in [2.24, 2.45) is 7.05 Å². The first-order valence-electron chi connectivity index (χ1n) is 6.30. The summed E-state index contributed by atoms with van der Waals surface area (Å²) in [6, 6.07) is 0. The van der Waals surface area contributed by atoms with Crippen LogP contribution in [0.4, 0.5) is 11.5 Å². The molecule has 108 valence electrons. The summed E-state index contributed by atoms with van der Waals surface area (Å²) in [5, 5.41) is 26.0. The van der Waals surface area contributed by atoms with Gasteiger partial charge in [0, 0.05) is 25.7 Å². The molecule has 2 aromatic rings. The van der Waals surface area contributed by atoms with Gasteiger partial charge in [-0.2, -0.15) is 5.10 Å². The number of aromatic nitrogens is 5. The summed E-state index contributed by atoms with van der Waals surface area (Å²) in [5.41, 5.74) is 0.529. The zero-order chi connectivity index (χ0) is 14.7. The van der Waals surface area contributed by atoms with E-state index in [1.54, 1.807) is 24.1 Å². The van der Waals surface area contributed by atoms with E-state index in [2.05, 4.69) is 20.7 Å². The third kappa shape index (κ3) is 2.76. The standard InChI is InChI=1S/C11H17N7O2/c1-8(2)9-10(18(19)20)11(16(3)14-9)12-4-6-17-7-5-13-15-17/h5,7-8,12H,4,6H2,1-3H3. The van der Waals surface area contributed by atoms with Crippen molar-refractivity contribution in [3.63, 3.8) is 0 Å². The molecule has 0 aliphatic rings. The van der Waals surface area contributed by atoms with Gasteiger partial charge in [-0.05, 0) is 0 Å². The summed E-state index contributed by atoms with van der Waals surface area (Å²) >= 11 is 0. The predicted octanol–water partition coefficient (Wildman–Crippen LogP) is 1.16. The lowest BCUT2D eigenvalue weighted by Crippen LogP contribution is -2.14. The van der Waals surface area contributed by atoms with Gasteiger partial charge in [0.05, 0.1) is 17.7 Å². The number of nitrogens with zero attached hydrogens (tertiary/aromatic N) is 6. The predicted molar refractivity (Wildman–Crippen MR) is 72.5 cm³/mol. The van der Waals surface area contributed by atoms with Crippen LogP contribution in [-0.4, -0.2) is 36.2 Å². The maximum atomic E-state index is 11.2. The summed E-state index contributed by atoms with van der Waals surface area (Å²) in [5.74, 6) is 0.409.